The fraction of sp³-hybridized carbons (Fsp3) is 0.467. The van der Waals surface area contributed by atoms with Crippen molar-refractivity contribution in [3.8, 4) is 0 Å². The van der Waals surface area contributed by atoms with Crippen molar-refractivity contribution in [2.24, 2.45) is 0 Å². The van der Waals surface area contributed by atoms with Gasteiger partial charge in [-0.25, -0.2) is 0 Å². The minimum absolute atomic E-state index is 0. The summed E-state index contributed by atoms with van der Waals surface area (Å²) in [7, 11) is 0. The van der Waals surface area contributed by atoms with E-state index in [-0.39, 0.29) is 24.8 Å². The molecule has 0 aliphatic heterocycles. The minimum Gasteiger partial charge on any atom is -0.147 e. The van der Waals surface area contributed by atoms with Gasteiger partial charge in [0.05, 0.1) is 0 Å². The van der Waals surface area contributed by atoms with Crippen LogP contribution in [0.4, 0.5) is 0 Å². The smallest absolute Gasteiger partial charge is 0.147 e. The fourth-order valence-corrected chi connectivity index (χ4v) is 38.0. The Morgan fingerprint density at radius 2 is 0.971 bits per heavy atom. The van der Waals surface area contributed by atoms with Crippen LogP contribution < -0.4 is 0 Å². The summed E-state index contributed by atoms with van der Waals surface area (Å²) < 4.78 is 6.79. The predicted octanol–water partition coefficient (Wildman–Crippen LogP) is 9.34. The molecular formula is C30H44Cl2HfSi. The standard InChI is InChI=1S/2C14H17.2CH3.2ClH.Hf.H2Si/c2*1-9(2)12-6-5-11(4)13-7-10(3)8-14(12)13;;;;;;/h2*5-9H,1-4H3;2*1H3;2*1H;;1H2. The Labute approximate surface area is 223 Å². The van der Waals surface area contributed by atoms with Gasteiger partial charge in [-0.1, -0.05) is 0 Å². The first kappa shape index (κ1) is 29.8. The summed E-state index contributed by atoms with van der Waals surface area (Å²) in [4.78, 5) is 0. The van der Waals surface area contributed by atoms with Gasteiger partial charge in [-0.15, -0.1) is 24.8 Å². The van der Waals surface area contributed by atoms with Crippen molar-refractivity contribution in [1.82, 2.24) is 0 Å². The van der Waals surface area contributed by atoms with Crippen LogP contribution in [0.25, 0.3) is 12.2 Å². The predicted molar refractivity (Wildman–Crippen MR) is 158 cm³/mol. The first-order chi connectivity index (χ1) is 14.7. The molecule has 2 atom stereocenters. The van der Waals surface area contributed by atoms with Gasteiger partial charge in [0, 0.05) is 0 Å². The van der Waals surface area contributed by atoms with Crippen molar-refractivity contribution in [2.75, 3.05) is 0 Å². The molecule has 0 radical (unpaired) electrons. The zero-order chi connectivity index (χ0) is 23.8. The summed E-state index contributed by atoms with van der Waals surface area (Å²) in [6, 6.07) is 9.57. The van der Waals surface area contributed by atoms with E-state index in [1.807, 2.05) is 0 Å². The maximum atomic E-state index is 2.77. The van der Waals surface area contributed by atoms with Gasteiger partial charge >= 0.3 is 200 Å². The molecule has 2 aliphatic rings. The van der Waals surface area contributed by atoms with Crippen molar-refractivity contribution >= 4 is 43.9 Å². The molecule has 2 aromatic carbocycles. The van der Waals surface area contributed by atoms with Crippen LogP contribution in [0.15, 0.2) is 35.4 Å². The van der Waals surface area contributed by atoms with Crippen molar-refractivity contribution in [3.63, 3.8) is 0 Å². The van der Waals surface area contributed by atoms with Gasteiger partial charge in [-0.3, -0.25) is 0 Å². The molecule has 0 saturated heterocycles. The van der Waals surface area contributed by atoms with Crippen molar-refractivity contribution < 1.29 is 17.1 Å². The molecule has 0 bridgehead atoms. The van der Waals surface area contributed by atoms with Gasteiger partial charge in [-0.05, 0) is 0 Å². The SMILES string of the molecule is CC1=Cc2c(C(C)C)ccc(C)c2[CH]1[Hf]([CH3])([CH3])(=[SiH2])[CH]1C(C)=Cc2c(C(C)C)ccc(C)c21.Cl.Cl. The number of allylic oxidation sites excluding steroid dienone is 2. The van der Waals surface area contributed by atoms with E-state index in [9.17, 15) is 0 Å². The van der Waals surface area contributed by atoms with E-state index in [2.05, 4.69) is 108 Å². The Hall–Kier alpha value is -0.413. The van der Waals surface area contributed by atoms with Gasteiger partial charge in [0.1, 0.15) is 0 Å². The molecule has 0 saturated carbocycles. The zero-order valence-corrected chi connectivity index (χ0v) is 29.4. The van der Waals surface area contributed by atoms with Crippen LogP contribution in [-0.2, 0) is 17.1 Å². The van der Waals surface area contributed by atoms with E-state index >= 15 is 0 Å². The van der Waals surface area contributed by atoms with E-state index in [1.165, 1.54) is 22.3 Å². The molecule has 2 aromatic rings. The summed E-state index contributed by atoms with van der Waals surface area (Å²) in [5, 5.41) is 0. The summed E-state index contributed by atoms with van der Waals surface area (Å²) in [6.07, 6.45) is 5.12. The number of benzene rings is 2. The van der Waals surface area contributed by atoms with Crippen molar-refractivity contribution in [2.45, 2.75) is 83.9 Å². The monoisotopic (exact) mass is 682 g/mol. The first-order valence-electron chi connectivity index (χ1n) is 12.4. The zero-order valence-electron chi connectivity index (χ0n) is 22.8. The van der Waals surface area contributed by atoms with Crippen LogP contribution in [0.3, 0.4) is 0 Å². The third kappa shape index (κ3) is 4.44. The van der Waals surface area contributed by atoms with E-state index in [0.717, 1.165) is 0 Å². The Bertz CT molecular complexity index is 1170. The summed E-state index contributed by atoms with van der Waals surface area (Å²) in [5.74, 6) is 1.12. The molecule has 2 aliphatic carbocycles. The van der Waals surface area contributed by atoms with E-state index in [0.29, 0.717) is 19.2 Å². The number of rotatable bonds is 4. The number of fused-ring (bicyclic) bond motifs is 2. The maximum absolute atomic E-state index is 3.55. The van der Waals surface area contributed by atoms with Crippen LogP contribution in [0.2, 0.25) is 9.36 Å². The second-order valence-electron chi connectivity index (χ2n) is 12.5. The number of hydrogen-bond donors (Lipinski definition) is 0. The van der Waals surface area contributed by atoms with Crippen LogP contribution in [0.1, 0.15) is 105 Å². The molecule has 0 spiro atoms. The maximum Gasteiger partial charge on any atom is -0.147 e. The van der Waals surface area contributed by atoms with Crippen LogP contribution in [0, 0.1) is 13.8 Å². The molecule has 0 heterocycles. The molecular weight excluding hydrogens is 638 g/mol. The van der Waals surface area contributed by atoms with Gasteiger partial charge in [0.25, 0.3) is 0 Å². The van der Waals surface area contributed by atoms with E-state index in [4.69, 9.17) is 0 Å². The molecule has 4 rings (SSSR count). The summed E-state index contributed by atoms with van der Waals surface area (Å²) in [5.41, 5.74) is 15.7. The number of aryl methyl sites for hydroxylation is 2. The Morgan fingerprint density at radius 3 is 1.26 bits per heavy atom. The molecule has 0 N–H and O–H groups in total. The molecule has 0 amide bonds. The normalized spacial score (nSPS) is 19.3. The van der Waals surface area contributed by atoms with Gasteiger partial charge in [-0.2, -0.15) is 0 Å². The fourth-order valence-electron chi connectivity index (χ4n) is 7.31. The van der Waals surface area contributed by atoms with E-state index < -0.39 is 17.1 Å². The molecule has 4 heteroatoms. The third-order valence-corrected chi connectivity index (χ3v) is 34.1. The number of halogens is 2. The second-order valence-corrected chi connectivity index (χ2v) is 56.0. The molecule has 0 fully saturated rings. The Balaban J connectivity index is 0.00000204. The summed E-state index contributed by atoms with van der Waals surface area (Å²) in [6.45, 7) is 21.4. The first-order valence-corrected chi connectivity index (χ1v) is 32.1. The van der Waals surface area contributed by atoms with Gasteiger partial charge in [0.15, 0.2) is 0 Å². The molecule has 34 heavy (non-hydrogen) atoms. The van der Waals surface area contributed by atoms with Crippen molar-refractivity contribution in [1.29, 1.82) is 0 Å². The minimum atomic E-state index is -3.55. The van der Waals surface area contributed by atoms with Crippen molar-refractivity contribution in [3.05, 3.63) is 79.9 Å². The van der Waals surface area contributed by atoms with Crippen LogP contribution >= 0.6 is 24.8 Å². The topological polar surface area (TPSA) is 0 Å². The molecule has 0 nitrogen and oxygen atoms in total. The second kappa shape index (κ2) is 9.80. The van der Waals surface area contributed by atoms with Crippen LogP contribution in [-0.4, -0.2) is 6.94 Å². The molecule has 186 valence electrons. The molecule has 0 aromatic heterocycles. The quantitative estimate of drug-likeness (QED) is 0.282. The van der Waals surface area contributed by atoms with Gasteiger partial charge < -0.3 is 0 Å². The van der Waals surface area contributed by atoms with Crippen LogP contribution in [0.5, 0.6) is 0 Å². The number of hydrogen-bond acceptors (Lipinski definition) is 0. The summed E-state index contributed by atoms with van der Waals surface area (Å²) >= 11 is -3.55. The third-order valence-electron chi connectivity index (χ3n) is 8.45. The largest absolute Gasteiger partial charge is 0.147 e. The average molecular weight is 682 g/mol. The molecule has 2 unspecified atom stereocenters. The van der Waals surface area contributed by atoms with E-state index in [1.54, 1.807) is 33.4 Å². The average Bonchev–Trinajstić information content (AvgIpc) is 3.20. The Morgan fingerprint density at radius 1 is 0.647 bits per heavy atom. The Kier molecular flexibility index (Phi) is 8.60. The van der Waals surface area contributed by atoms with Gasteiger partial charge in [0.2, 0.25) is 0 Å².